The molecule has 1 aliphatic rings. The fraction of sp³-hybridized carbons (Fsp3) is 0.467. The van der Waals surface area contributed by atoms with Gasteiger partial charge in [0.25, 0.3) is 0 Å². The molecule has 5 heteroatoms. The Morgan fingerprint density at radius 3 is 2.90 bits per heavy atom. The van der Waals surface area contributed by atoms with Crippen LogP contribution in [0.4, 0.5) is 4.39 Å². The normalized spacial score (nSPS) is 19.1. The van der Waals surface area contributed by atoms with Gasteiger partial charge in [0.1, 0.15) is 5.82 Å². The van der Waals surface area contributed by atoms with Crippen molar-refractivity contribution in [1.82, 2.24) is 15.5 Å². The predicted molar refractivity (Wildman–Crippen MR) is 73.6 cm³/mol. The molecule has 0 amide bonds. The highest BCUT2D eigenvalue weighted by atomic mass is 19.1. The molecule has 106 valence electrons. The molecular formula is C15H18FN3O. The minimum Gasteiger partial charge on any atom is -0.339 e. The zero-order chi connectivity index (χ0) is 13.8. The molecule has 2 aromatic rings. The molecular weight excluding hydrogens is 257 g/mol. The number of piperidine rings is 1. The minimum atomic E-state index is -0.262. The quantitative estimate of drug-likeness (QED) is 0.932. The number of hydrogen-bond acceptors (Lipinski definition) is 4. The largest absolute Gasteiger partial charge is 0.339 e. The summed E-state index contributed by atoms with van der Waals surface area (Å²) in [6.07, 6.45) is 4.39. The monoisotopic (exact) mass is 275 g/mol. The number of aromatic nitrogens is 2. The first-order valence-electron chi connectivity index (χ1n) is 7.10. The van der Waals surface area contributed by atoms with E-state index in [9.17, 15) is 4.39 Å². The second-order valence-electron chi connectivity index (χ2n) is 5.27. The van der Waals surface area contributed by atoms with E-state index in [4.69, 9.17) is 4.52 Å². The van der Waals surface area contributed by atoms with Gasteiger partial charge in [-0.15, -0.1) is 0 Å². The van der Waals surface area contributed by atoms with E-state index in [0.29, 0.717) is 17.6 Å². The Bertz CT molecular complexity index is 547. The second kappa shape index (κ2) is 6.13. The third-order valence-corrected chi connectivity index (χ3v) is 3.74. The number of rotatable bonds is 4. The Hall–Kier alpha value is -1.75. The zero-order valence-electron chi connectivity index (χ0n) is 11.3. The molecule has 1 atom stereocenters. The van der Waals surface area contributed by atoms with Gasteiger partial charge < -0.3 is 9.84 Å². The van der Waals surface area contributed by atoms with Crippen molar-refractivity contribution in [2.75, 3.05) is 13.1 Å². The summed E-state index contributed by atoms with van der Waals surface area (Å²) in [7, 11) is 0. The standard InChI is InChI=1S/C15H18FN3O/c16-13-6-4-12(5-7-13)15-18-14(20-19-15)8-3-11-2-1-9-17-10-11/h4-7,11,17H,1-3,8-10H2. The summed E-state index contributed by atoms with van der Waals surface area (Å²) in [6.45, 7) is 2.21. The Morgan fingerprint density at radius 2 is 2.15 bits per heavy atom. The number of nitrogens with one attached hydrogen (secondary N) is 1. The van der Waals surface area contributed by atoms with E-state index < -0.39 is 0 Å². The van der Waals surface area contributed by atoms with Gasteiger partial charge in [0.05, 0.1) is 0 Å². The lowest BCUT2D eigenvalue weighted by Crippen LogP contribution is -2.29. The number of benzene rings is 1. The van der Waals surface area contributed by atoms with E-state index in [0.717, 1.165) is 31.5 Å². The molecule has 20 heavy (non-hydrogen) atoms. The zero-order valence-corrected chi connectivity index (χ0v) is 11.3. The number of aryl methyl sites for hydroxylation is 1. The molecule has 1 saturated heterocycles. The molecule has 1 unspecified atom stereocenters. The van der Waals surface area contributed by atoms with Crippen LogP contribution in [0.25, 0.3) is 11.4 Å². The van der Waals surface area contributed by atoms with Crippen LogP contribution >= 0.6 is 0 Å². The summed E-state index contributed by atoms with van der Waals surface area (Å²) in [5, 5.41) is 7.36. The van der Waals surface area contributed by atoms with E-state index in [1.54, 1.807) is 12.1 Å². The van der Waals surface area contributed by atoms with E-state index in [1.807, 2.05) is 0 Å². The van der Waals surface area contributed by atoms with Crippen LogP contribution in [0.3, 0.4) is 0 Å². The van der Waals surface area contributed by atoms with Gasteiger partial charge in [-0.05, 0) is 62.5 Å². The Kier molecular flexibility index (Phi) is 4.06. The molecule has 0 bridgehead atoms. The molecule has 0 spiro atoms. The fourth-order valence-electron chi connectivity index (χ4n) is 2.57. The average Bonchev–Trinajstić information content (AvgIpc) is 2.96. The summed E-state index contributed by atoms with van der Waals surface area (Å²) >= 11 is 0. The molecule has 1 aliphatic heterocycles. The van der Waals surface area contributed by atoms with Gasteiger partial charge in [-0.2, -0.15) is 4.98 Å². The van der Waals surface area contributed by atoms with Crippen molar-refractivity contribution in [3.63, 3.8) is 0 Å². The van der Waals surface area contributed by atoms with E-state index in [-0.39, 0.29) is 5.82 Å². The van der Waals surface area contributed by atoms with Gasteiger partial charge in [0.2, 0.25) is 11.7 Å². The topological polar surface area (TPSA) is 51.0 Å². The van der Waals surface area contributed by atoms with Crippen molar-refractivity contribution in [3.8, 4) is 11.4 Å². The van der Waals surface area contributed by atoms with Crippen molar-refractivity contribution in [3.05, 3.63) is 36.0 Å². The first-order valence-corrected chi connectivity index (χ1v) is 7.10. The van der Waals surface area contributed by atoms with Crippen LogP contribution in [0.15, 0.2) is 28.8 Å². The van der Waals surface area contributed by atoms with E-state index in [2.05, 4.69) is 15.5 Å². The lowest BCUT2D eigenvalue weighted by molar-refractivity contribution is 0.327. The van der Waals surface area contributed by atoms with Crippen molar-refractivity contribution in [1.29, 1.82) is 0 Å². The average molecular weight is 275 g/mol. The molecule has 4 nitrogen and oxygen atoms in total. The lowest BCUT2D eigenvalue weighted by atomic mass is 9.95. The first kappa shape index (κ1) is 13.2. The molecule has 0 radical (unpaired) electrons. The van der Waals surface area contributed by atoms with Gasteiger partial charge in [-0.1, -0.05) is 5.16 Å². The Morgan fingerprint density at radius 1 is 1.30 bits per heavy atom. The van der Waals surface area contributed by atoms with Gasteiger partial charge >= 0.3 is 0 Å². The maximum atomic E-state index is 12.9. The third-order valence-electron chi connectivity index (χ3n) is 3.74. The summed E-state index contributed by atoms with van der Waals surface area (Å²) in [5.41, 5.74) is 0.778. The second-order valence-corrected chi connectivity index (χ2v) is 5.27. The van der Waals surface area contributed by atoms with Gasteiger partial charge in [-0.25, -0.2) is 4.39 Å². The smallest absolute Gasteiger partial charge is 0.226 e. The molecule has 1 N–H and O–H groups in total. The molecule has 1 fully saturated rings. The highest BCUT2D eigenvalue weighted by molar-refractivity contribution is 5.53. The predicted octanol–water partition coefficient (Wildman–Crippen LogP) is 2.81. The van der Waals surface area contributed by atoms with Crippen LogP contribution in [0.5, 0.6) is 0 Å². The first-order chi connectivity index (χ1) is 9.81. The van der Waals surface area contributed by atoms with Crippen molar-refractivity contribution >= 4 is 0 Å². The van der Waals surface area contributed by atoms with E-state index in [1.165, 1.54) is 25.0 Å². The van der Waals surface area contributed by atoms with Crippen LogP contribution in [0.1, 0.15) is 25.2 Å². The highest BCUT2D eigenvalue weighted by Gasteiger charge is 2.15. The number of nitrogens with zero attached hydrogens (tertiary/aromatic N) is 2. The lowest BCUT2D eigenvalue weighted by Gasteiger charge is -2.21. The minimum absolute atomic E-state index is 0.262. The van der Waals surface area contributed by atoms with Crippen LogP contribution in [0, 0.1) is 11.7 Å². The summed E-state index contributed by atoms with van der Waals surface area (Å²) in [5.74, 6) is 1.63. The van der Waals surface area contributed by atoms with Crippen molar-refractivity contribution in [2.45, 2.75) is 25.7 Å². The highest BCUT2D eigenvalue weighted by Crippen LogP contribution is 2.19. The fourth-order valence-corrected chi connectivity index (χ4v) is 2.57. The van der Waals surface area contributed by atoms with Crippen molar-refractivity contribution < 1.29 is 8.91 Å². The molecule has 2 heterocycles. The summed E-state index contributed by atoms with van der Waals surface area (Å²) < 4.78 is 18.1. The molecule has 0 aliphatic carbocycles. The third kappa shape index (κ3) is 3.22. The van der Waals surface area contributed by atoms with Crippen LogP contribution < -0.4 is 5.32 Å². The molecule has 0 saturated carbocycles. The maximum absolute atomic E-state index is 12.9. The van der Waals surface area contributed by atoms with Crippen molar-refractivity contribution in [2.24, 2.45) is 5.92 Å². The van der Waals surface area contributed by atoms with Crippen LogP contribution in [-0.4, -0.2) is 23.2 Å². The molecule has 1 aromatic heterocycles. The van der Waals surface area contributed by atoms with Crippen LogP contribution in [-0.2, 0) is 6.42 Å². The molecule has 1 aromatic carbocycles. The summed E-state index contributed by atoms with van der Waals surface area (Å²) in [4.78, 5) is 4.37. The number of hydrogen-bond donors (Lipinski definition) is 1. The SMILES string of the molecule is Fc1ccc(-c2noc(CCC3CCCNC3)n2)cc1. The van der Waals surface area contributed by atoms with Gasteiger partial charge in [-0.3, -0.25) is 0 Å². The van der Waals surface area contributed by atoms with Crippen LogP contribution in [0.2, 0.25) is 0 Å². The van der Waals surface area contributed by atoms with E-state index >= 15 is 0 Å². The molecule has 3 rings (SSSR count). The Labute approximate surface area is 117 Å². The Balaban J connectivity index is 1.60. The van der Waals surface area contributed by atoms with Gasteiger partial charge in [0.15, 0.2) is 0 Å². The maximum Gasteiger partial charge on any atom is 0.226 e. The van der Waals surface area contributed by atoms with Gasteiger partial charge in [0, 0.05) is 12.0 Å². The number of halogens is 1. The summed E-state index contributed by atoms with van der Waals surface area (Å²) in [6, 6.07) is 6.13.